The summed E-state index contributed by atoms with van der Waals surface area (Å²) in [5.41, 5.74) is 0. The van der Waals surface area contributed by atoms with Crippen molar-refractivity contribution in [1.82, 2.24) is 10.2 Å². The molecule has 0 bridgehead atoms. The summed E-state index contributed by atoms with van der Waals surface area (Å²) in [6.07, 6.45) is 2.58. The van der Waals surface area contributed by atoms with E-state index in [0.29, 0.717) is 16.6 Å². The molecule has 1 heterocycles. The van der Waals surface area contributed by atoms with E-state index in [1.165, 1.54) is 23.1 Å². The number of halogens is 2. The van der Waals surface area contributed by atoms with E-state index in [1.54, 1.807) is 14.1 Å². The largest absolute Gasteiger partial charge is 0.451 e. The summed E-state index contributed by atoms with van der Waals surface area (Å²) < 4.78 is 18.7. The highest BCUT2D eigenvalue weighted by atomic mass is 35.5. The molecular weight excluding hydrogens is 395 g/mol. The van der Waals surface area contributed by atoms with Crippen LogP contribution in [0.1, 0.15) is 29.4 Å². The van der Waals surface area contributed by atoms with Crippen LogP contribution in [0, 0.1) is 5.82 Å². The molecule has 1 aromatic carbocycles. The lowest BCUT2D eigenvalue weighted by Gasteiger charge is -2.05. The third-order valence-corrected chi connectivity index (χ3v) is 4.81. The Morgan fingerprint density at radius 2 is 2.04 bits per heavy atom. The molecule has 2 aromatic rings. The van der Waals surface area contributed by atoms with Gasteiger partial charge in [0.25, 0.3) is 5.91 Å². The van der Waals surface area contributed by atoms with Gasteiger partial charge < -0.3 is 15.0 Å². The zero-order chi connectivity index (χ0) is 20.4. The number of thiophene rings is 1. The lowest BCUT2D eigenvalue weighted by Crippen LogP contribution is -2.29. The van der Waals surface area contributed by atoms with Crippen LogP contribution in [0.3, 0.4) is 0 Å². The van der Waals surface area contributed by atoms with Crippen LogP contribution in [0.2, 0.25) is 5.02 Å². The lowest BCUT2D eigenvalue weighted by atomic mass is 10.2. The molecular formula is C18H22ClFN2O4S. The van der Waals surface area contributed by atoms with Gasteiger partial charge in [-0.15, -0.1) is 11.3 Å². The molecule has 0 aliphatic heterocycles. The van der Waals surface area contributed by atoms with Crippen molar-refractivity contribution in [1.29, 1.82) is 0 Å². The van der Waals surface area contributed by atoms with Crippen molar-refractivity contribution in [2.24, 2.45) is 0 Å². The van der Waals surface area contributed by atoms with E-state index in [-0.39, 0.29) is 22.4 Å². The van der Waals surface area contributed by atoms with Crippen LogP contribution in [0.4, 0.5) is 4.39 Å². The molecule has 0 unspecified atom stereocenters. The monoisotopic (exact) mass is 416 g/mol. The molecule has 148 valence electrons. The third kappa shape index (κ3) is 7.52. The predicted molar refractivity (Wildman–Crippen MR) is 105 cm³/mol. The van der Waals surface area contributed by atoms with Crippen molar-refractivity contribution in [3.05, 3.63) is 33.9 Å². The maximum atomic E-state index is 13.2. The Balaban J connectivity index is 0.000000646. The Morgan fingerprint density at radius 1 is 1.37 bits per heavy atom. The Labute approximate surface area is 166 Å². The molecule has 9 heteroatoms. The second-order valence-corrected chi connectivity index (χ2v) is 7.16. The van der Waals surface area contributed by atoms with E-state index in [9.17, 15) is 18.8 Å². The lowest BCUT2D eigenvalue weighted by molar-refractivity contribution is -0.124. The van der Waals surface area contributed by atoms with E-state index in [0.717, 1.165) is 30.6 Å². The molecule has 1 N–H and O–H groups in total. The molecule has 27 heavy (non-hydrogen) atoms. The van der Waals surface area contributed by atoms with Crippen LogP contribution < -0.4 is 5.32 Å². The van der Waals surface area contributed by atoms with E-state index in [1.807, 2.05) is 6.92 Å². The number of hydrogen-bond donors (Lipinski definition) is 1. The average molecular weight is 417 g/mol. The molecule has 0 saturated carbocycles. The van der Waals surface area contributed by atoms with E-state index in [2.05, 4.69) is 5.32 Å². The summed E-state index contributed by atoms with van der Waals surface area (Å²) in [5.74, 6) is -1.44. The van der Waals surface area contributed by atoms with Crippen LogP contribution in [-0.4, -0.2) is 50.4 Å². The second-order valence-electron chi connectivity index (χ2n) is 5.73. The number of benzene rings is 1. The summed E-state index contributed by atoms with van der Waals surface area (Å²) in [5, 5.41) is 3.45. The highest BCUT2D eigenvalue weighted by molar-refractivity contribution is 7.21. The standard InChI is InChI=1S/C15H15ClFNO3S.C3H7NO/c1-2-3-6-18-12(19)8-21-15(20)14-13(16)10-5-4-9(17)7-11(10)22-14;1-4(2)3-5/h4-5,7H,2-3,6,8H2,1H3,(H,18,19);3H,1-2H3. The first kappa shape index (κ1) is 22.9. The number of amides is 2. The maximum Gasteiger partial charge on any atom is 0.350 e. The molecule has 1 aromatic heterocycles. The van der Waals surface area contributed by atoms with Gasteiger partial charge in [-0.2, -0.15) is 0 Å². The molecule has 2 amide bonds. The Bertz CT molecular complexity index is 795. The van der Waals surface area contributed by atoms with Crippen LogP contribution in [0.5, 0.6) is 0 Å². The summed E-state index contributed by atoms with van der Waals surface area (Å²) >= 11 is 7.15. The number of fused-ring (bicyclic) bond motifs is 1. The van der Waals surface area contributed by atoms with Gasteiger partial charge in [0, 0.05) is 30.7 Å². The van der Waals surface area contributed by atoms with Gasteiger partial charge in [0.05, 0.1) is 5.02 Å². The van der Waals surface area contributed by atoms with Crippen molar-refractivity contribution in [2.75, 3.05) is 27.2 Å². The molecule has 0 atom stereocenters. The SMILES string of the molecule is CCCCNC(=O)COC(=O)c1sc2cc(F)ccc2c1Cl.CN(C)C=O. The summed E-state index contributed by atoms with van der Waals surface area (Å²) in [6.45, 7) is 2.20. The zero-order valence-electron chi connectivity index (χ0n) is 15.4. The van der Waals surface area contributed by atoms with Crippen LogP contribution in [-0.2, 0) is 14.3 Å². The van der Waals surface area contributed by atoms with Gasteiger partial charge in [0.2, 0.25) is 6.41 Å². The minimum absolute atomic E-state index is 0.170. The second kappa shape index (κ2) is 11.5. The predicted octanol–water partition coefficient (Wildman–Crippen LogP) is 3.47. The number of hydrogen-bond acceptors (Lipinski definition) is 5. The molecule has 0 aliphatic rings. The van der Waals surface area contributed by atoms with Crippen molar-refractivity contribution in [3.63, 3.8) is 0 Å². The Hall–Kier alpha value is -2.19. The molecule has 0 radical (unpaired) electrons. The summed E-state index contributed by atoms with van der Waals surface area (Å²) in [6, 6.07) is 4.09. The third-order valence-electron chi connectivity index (χ3n) is 3.17. The van der Waals surface area contributed by atoms with Crippen LogP contribution in [0.15, 0.2) is 18.2 Å². The van der Waals surface area contributed by atoms with Crippen LogP contribution in [0.25, 0.3) is 10.1 Å². The number of esters is 1. The quantitative estimate of drug-likeness (QED) is 0.426. The minimum Gasteiger partial charge on any atom is -0.451 e. The van der Waals surface area contributed by atoms with Crippen LogP contribution >= 0.6 is 22.9 Å². The maximum absolute atomic E-state index is 13.2. The van der Waals surface area contributed by atoms with Crippen molar-refractivity contribution >= 4 is 51.3 Å². The van der Waals surface area contributed by atoms with Crippen molar-refractivity contribution in [3.8, 4) is 0 Å². The van der Waals surface area contributed by atoms with E-state index in [4.69, 9.17) is 16.3 Å². The number of carbonyl (C=O) groups excluding carboxylic acids is 3. The molecule has 2 rings (SSSR count). The number of unbranched alkanes of at least 4 members (excludes halogenated alkanes) is 1. The van der Waals surface area contributed by atoms with E-state index < -0.39 is 11.8 Å². The normalized spacial score (nSPS) is 9.96. The number of nitrogens with zero attached hydrogens (tertiary/aromatic N) is 1. The van der Waals surface area contributed by atoms with Gasteiger partial charge in [-0.25, -0.2) is 9.18 Å². The fourth-order valence-electron chi connectivity index (χ4n) is 1.82. The number of rotatable bonds is 7. The average Bonchev–Trinajstić information content (AvgIpc) is 2.96. The number of carbonyl (C=O) groups is 3. The van der Waals surface area contributed by atoms with Gasteiger partial charge in [0.15, 0.2) is 6.61 Å². The first-order chi connectivity index (χ1) is 12.8. The summed E-state index contributed by atoms with van der Waals surface area (Å²) in [4.78, 5) is 34.5. The minimum atomic E-state index is -0.683. The highest BCUT2D eigenvalue weighted by Crippen LogP contribution is 2.36. The van der Waals surface area contributed by atoms with Crippen molar-refractivity contribution in [2.45, 2.75) is 19.8 Å². The first-order valence-corrected chi connectivity index (χ1v) is 9.42. The fourth-order valence-corrected chi connectivity index (χ4v) is 3.25. The Kier molecular flexibility index (Phi) is 9.74. The van der Waals surface area contributed by atoms with Gasteiger partial charge >= 0.3 is 5.97 Å². The molecule has 0 spiro atoms. The Morgan fingerprint density at radius 3 is 2.63 bits per heavy atom. The molecule has 0 saturated heterocycles. The van der Waals surface area contributed by atoms with Crippen molar-refractivity contribution < 1.29 is 23.5 Å². The summed E-state index contributed by atoms with van der Waals surface area (Å²) in [7, 11) is 3.38. The zero-order valence-corrected chi connectivity index (χ0v) is 17.0. The smallest absolute Gasteiger partial charge is 0.350 e. The van der Waals surface area contributed by atoms with E-state index >= 15 is 0 Å². The number of nitrogens with one attached hydrogen (secondary N) is 1. The van der Waals surface area contributed by atoms with Gasteiger partial charge in [0.1, 0.15) is 10.7 Å². The number of ether oxygens (including phenoxy) is 1. The van der Waals surface area contributed by atoms with Gasteiger partial charge in [-0.05, 0) is 24.6 Å². The molecule has 0 fully saturated rings. The van der Waals surface area contributed by atoms with Gasteiger partial charge in [-0.1, -0.05) is 24.9 Å². The molecule has 0 aliphatic carbocycles. The molecule has 6 nitrogen and oxygen atoms in total. The first-order valence-electron chi connectivity index (χ1n) is 8.23. The topological polar surface area (TPSA) is 75.7 Å². The fraction of sp³-hybridized carbons (Fsp3) is 0.389. The van der Waals surface area contributed by atoms with Gasteiger partial charge in [-0.3, -0.25) is 9.59 Å². The highest BCUT2D eigenvalue weighted by Gasteiger charge is 2.19.